The molecule has 0 fully saturated rings. The van der Waals surface area contributed by atoms with Gasteiger partial charge in [-0.3, -0.25) is 4.79 Å². The maximum absolute atomic E-state index is 13.2. The van der Waals surface area contributed by atoms with Gasteiger partial charge in [0.2, 0.25) is 10.0 Å². The molecule has 0 heterocycles. The first-order valence-electron chi connectivity index (χ1n) is 7.11. The number of nitrogens with one attached hydrogen (secondary N) is 2. The average molecular weight is 389 g/mol. The highest BCUT2D eigenvalue weighted by atomic mass is 32.2. The largest absolute Gasteiger partial charge is 0.398 e. The quantitative estimate of drug-likeness (QED) is 0.437. The molecule has 0 aliphatic heterocycles. The highest BCUT2D eigenvalue weighted by molar-refractivity contribution is 7.89. The van der Waals surface area contributed by atoms with Crippen LogP contribution in [0.2, 0.25) is 0 Å². The first kappa shape index (κ1) is 19.7. The third-order valence-electron chi connectivity index (χ3n) is 3.21. The smallest absolute Gasteiger partial charge is 0.255 e. The fraction of sp³-hybridized carbons (Fsp3) is 0.133. The summed E-state index contributed by atoms with van der Waals surface area (Å²) in [6.07, 6.45) is 0. The molecule has 0 atom stereocenters. The van der Waals surface area contributed by atoms with Gasteiger partial charge in [-0.1, -0.05) is 0 Å². The summed E-state index contributed by atoms with van der Waals surface area (Å²) in [5.41, 5.74) is 4.93. The topological polar surface area (TPSA) is 122 Å². The van der Waals surface area contributed by atoms with Gasteiger partial charge in [0.05, 0.1) is 12.3 Å². The van der Waals surface area contributed by atoms with Gasteiger partial charge in [0.25, 0.3) is 5.91 Å². The first-order chi connectivity index (χ1) is 12.2. The molecule has 5 N–H and O–H groups in total. The fourth-order valence-electron chi connectivity index (χ4n) is 2.00. The summed E-state index contributed by atoms with van der Waals surface area (Å²) in [4.78, 5) is 11.8. The molecule has 0 bridgehead atoms. The zero-order chi connectivity index (χ0) is 19.5. The van der Waals surface area contributed by atoms with Gasteiger partial charge in [0.15, 0.2) is 17.5 Å². The van der Waals surface area contributed by atoms with Gasteiger partial charge < -0.3 is 16.2 Å². The number of rotatable bonds is 6. The zero-order valence-electron chi connectivity index (χ0n) is 13.1. The Morgan fingerprint density at radius 2 is 1.73 bits per heavy atom. The van der Waals surface area contributed by atoms with Gasteiger partial charge in [-0.2, -0.15) is 0 Å². The number of carbonyl (C=O) groups is 1. The van der Waals surface area contributed by atoms with Crippen LogP contribution in [0.3, 0.4) is 0 Å². The van der Waals surface area contributed by atoms with Gasteiger partial charge in [-0.15, -0.1) is 0 Å². The van der Waals surface area contributed by atoms with Crippen molar-refractivity contribution in [1.29, 1.82) is 0 Å². The number of benzene rings is 2. The first-order valence-corrected chi connectivity index (χ1v) is 8.60. The number of nitrogens with two attached hydrogens (primary N) is 1. The molecule has 0 radical (unpaired) electrons. The van der Waals surface area contributed by atoms with E-state index in [0.717, 1.165) is 12.1 Å². The second-order valence-corrected chi connectivity index (χ2v) is 6.82. The molecule has 140 valence electrons. The van der Waals surface area contributed by atoms with E-state index in [1.807, 2.05) is 0 Å². The number of sulfonamides is 1. The Bertz CT molecular complexity index is 928. The van der Waals surface area contributed by atoms with Gasteiger partial charge in [0, 0.05) is 29.9 Å². The second-order valence-electron chi connectivity index (χ2n) is 5.08. The van der Waals surface area contributed by atoms with E-state index in [9.17, 15) is 26.4 Å². The summed E-state index contributed by atoms with van der Waals surface area (Å²) < 4.78 is 65.6. The minimum Gasteiger partial charge on any atom is -0.398 e. The molecular weight excluding hydrogens is 375 g/mol. The summed E-state index contributed by atoms with van der Waals surface area (Å²) in [5, 5.41) is 10.8. The lowest BCUT2D eigenvalue weighted by atomic mass is 10.2. The number of amides is 1. The Morgan fingerprint density at radius 3 is 2.31 bits per heavy atom. The third-order valence-corrected chi connectivity index (χ3v) is 4.73. The van der Waals surface area contributed by atoms with Crippen molar-refractivity contribution in [2.45, 2.75) is 4.90 Å². The van der Waals surface area contributed by atoms with Crippen molar-refractivity contribution in [3.05, 3.63) is 53.3 Å². The second kappa shape index (κ2) is 7.72. The van der Waals surface area contributed by atoms with Gasteiger partial charge in [0.1, 0.15) is 4.90 Å². The number of hydrogen-bond acceptors (Lipinski definition) is 5. The van der Waals surface area contributed by atoms with Crippen LogP contribution in [-0.2, 0) is 10.0 Å². The molecule has 2 aromatic rings. The van der Waals surface area contributed by atoms with Crippen molar-refractivity contribution in [2.24, 2.45) is 0 Å². The number of hydrogen-bond donors (Lipinski definition) is 4. The molecule has 2 aromatic carbocycles. The predicted molar refractivity (Wildman–Crippen MR) is 87.4 cm³/mol. The Morgan fingerprint density at radius 1 is 1.12 bits per heavy atom. The van der Waals surface area contributed by atoms with Crippen molar-refractivity contribution in [1.82, 2.24) is 4.72 Å². The van der Waals surface area contributed by atoms with Crippen molar-refractivity contribution >= 4 is 27.3 Å². The molecule has 0 saturated heterocycles. The molecule has 1 amide bonds. The SMILES string of the molecule is Nc1ccc(C(=O)Nc2cc(F)c(F)c(F)c2)cc1S(=O)(=O)NCCO. The van der Waals surface area contributed by atoms with Crippen LogP contribution in [-0.4, -0.2) is 32.6 Å². The van der Waals surface area contributed by atoms with Crippen LogP contribution in [0, 0.1) is 17.5 Å². The lowest BCUT2D eigenvalue weighted by Gasteiger charge is -2.11. The standard InChI is InChI=1S/C15H14F3N3O4S/c16-10-6-9(7-11(17)14(10)18)21-15(23)8-1-2-12(19)13(5-8)26(24,25)20-3-4-22/h1-2,5-7,20,22H,3-4,19H2,(H,21,23). The molecule has 11 heteroatoms. The van der Waals surface area contributed by atoms with Crippen molar-refractivity contribution in [3.8, 4) is 0 Å². The van der Waals surface area contributed by atoms with Crippen LogP contribution in [0.1, 0.15) is 10.4 Å². The van der Waals surface area contributed by atoms with E-state index >= 15 is 0 Å². The highest BCUT2D eigenvalue weighted by Crippen LogP contribution is 2.22. The average Bonchev–Trinajstić information content (AvgIpc) is 2.58. The van der Waals surface area contributed by atoms with E-state index < -0.39 is 44.9 Å². The van der Waals surface area contributed by atoms with E-state index in [1.54, 1.807) is 0 Å². The number of carbonyl (C=O) groups excluding carboxylic acids is 1. The van der Waals surface area contributed by atoms with Crippen molar-refractivity contribution < 1.29 is 31.5 Å². The molecular formula is C15H14F3N3O4S. The molecule has 0 unspecified atom stereocenters. The number of aliphatic hydroxyl groups excluding tert-OH is 1. The van der Waals surface area contributed by atoms with E-state index in [1.165, 1.54) is 6.07 Å². The lowest BCUT2D eigenvalue weighted by Crippen LogP contribution is -2.27. The summed E-state index contributed by atoms with van der Waals surface area (Å²) >= 11 is 0. The number of halogens is 3. The summed E-state index contributed by atoms with van der Waals surface area (Å²) in [6, 6.07) is 4.48. The van der Waals surface area contributed by atoms with Gasteiger partial charge in [-0.05, 0) is 18.2 Å². The van der Waals surface area contributed by atoms with Gasteiger partial charge >= 0.3 is 0 Å². The maximum Gasteiger partial charge on any atom is 0.255 e. The summed E-state index contributed by atoms with van der Waals surface area (Å²) in [7, 11) is -4.09. The highest BCUT2D eigenvalue weighted by Gasteiger charge is 2.20. The maximum atomic E-state index is 13.2. The third kappa shape index (κ3) is 4.31. The minimum absolute atomic E-state index is 0.147. The van der Waals surface area contributed by atoms with Gasteiger partial charge in [-0.25, -0.2) is 26.3 Å². The molecule has 0 aliphatic carbocycles. The summed E-state index contributed by atoms with van der Waals surface area (Å²) in [5.74, 6) is -5.56. The lowest BCUT2D eigenvalue weighted by molar-refractivity contribution is 0.102. The molecule has 7 nitrogen and oxygen atoms in total. The summed E-state index contributed by atoms with van der Waals surface area (Å²) in [6.45, 7) is -0.701. The van der Waals surface area contributed by atoms with E-state index in [4.69, 9.17) is 10.8 Å². The molecule has 0 spiro atoms. The fourth-order valence-corrected chi connectivity index (χ4v) is 3.17. The normalized spacial score (nSPS) is 11.4. The molecule has 2 rings (SSSR count). The molecule has 0 aromatic heterocycles. The van der Waals surface area contributed by atoms with Crippen molar-refractivity contribution in [2.75, 3.05) is 24.2 Å². The molecule has 0 saturated carbocycles. The molecule has 0 aliphatic rings. The van der Waals surface area contributed by atoms with Crippen LogP contribution in [0.25, 0.3) is 0 Å². The van der Waals surface area contributed by atoms with Crippen LogP contribution in [0.5, 0.6) is 0 Å². The van der Waals surface area contributed by atoms with E-state index in [0.29, 0.717) is 12.1 Å². The number of nitrogen functional groups attached to an aromatic ring is 1. The van der Waals surface area contributed by atoms with E-state index in [2.05, 4.69) is 10.0 Å². The van der Waals surface area contributed by atoms with Crippen LogP contribution >= 0.6 is 0 Å². The monoisotopic (exact) mass is 389 g/mol. The Labute approximate surface area is 146 Å². The predicted octanol–water partition coefficient (Wildman–Crippen LogP) is 1.21. The Balaban J connectivity index is 2.32. The van der Waals surface area contributed by atoms with E-state index in [-0.39, 0.29) is 23.5 Å². The van der Waals surface area contributed by atoms with Crippen LogP contribution in [0.15, 0.2) is 35.2 Å². The number of aliphatic hydroxyl groups is 1. The van der Waals surface area contributed by atoms with Crippen LogP contribution < -0.4 is 15.8 Å². The zero-order valence-corrected chi connectivity index (χ0v) is 13.9. The Kier molecular flexibility index (Phi) is 5.85. The number of anilines is 2. The van der Waals surface area contributed by atoms with Crippen LogP contribution in [0.4, 0.5) is 24.5 Å². The minimum atomic E-state index is -4.09. The molecule has 26 heavy (non-hydrogen) atoms. The van der Waals surface area contributed by atoms with Crippen molar-refractivity contribution in [3.63, 3.8) is 0 Å². The Hall–Kier alpha value is -2.63.